The van der Waals surface area contributed by atoms with Crippen LogP contribution in [0.25, 0.3) is 0 Å². The Morgan fingerprint density at radius 2 is 1.89 bits per heavy atom. The first-order chi connectivity index (χ1) is 8.55. The van der Waals surface area contributed by atoms with Crippen LogP contribution < -0.4 is 11.1 Å². The van der Waals surface area contributed by atoms with Crippen molar-refractivity contribution < 1.29 is 8.42 Å². The summed E-state index contributed by atoms with van der Waals surface area (Å²) in [5, 5.41) is 3.22. The Morgan fingerprint density at radius 1 is 1.21 bits per heavy atom. The molecule has 0 radical (unpaired) electrons. The fourth-order valence-corrected chi connectivity index (χ4v) is 4.58. The van der Waals surface area contributed by atoms with E-state index >= 15 is 0 Å². The molecule has 3 N–H and O–H groups in total. The number of nitrogens with two attached hydrogens (primary N) is 1. The van der Waals surface area contributed by atoms with Gasteiger partial charge in [-0.1, -0.05) is 12.8 Å². The summed E-state index contributed by atoms with van der Waals surface area (Å²) < 4.78 is 23.0. The topological polar surface area (TPSA) is 84.5 Å². The van der Waals surface area contributed by atoms with Gasteiger partial charge in [0, 0.05) is 12.6 Å². The second-order valence-corrected chi connectivity index (χ2v) is 7.70. The van der Waals surface area contributed by atoms with E-state index in [1.165, 1.54) is 12.8 Å². The highest BCUT2D eigenvalue weighted by atomic mass is 127. The fraction of sp³-hybridized carbons (Fsp3) is 0.917. The molecule has 19 heavy (non-hydrogen) atoms. The van der Waals surface area contributed by atoms with Crippen LogP contribution in [0.4, 0.5) is 0 Å². The number of nitrogens with one attached hydrogen (secondary N) is 1. The Bertz CT molecular complexity index is 405. The minimum atomic E-state index is -2.83. The number of nitrogens with zero attached hydrogens (tertiary/aromatic N) is 1. The van der Waals surface area contributed by atoms with Gasteiger partial charge in [0.1, 0.15) is 0 Å². The summed E-state index contributed by atoms with van der Waals surface area (Å²) in [4.78, 5) is 4.30. The Labute approximate surface area is 132 Å². The lowest BCUT2D eigenvalue weighted by Crippen LogP contribution is -2.39. The minimum absolute atomic E-state index is 0. The summed E-state index contributed by atoms with van der Waals surface area (Å²) in [6.45, 7) is 0.533. The second-order valence-electron chi connectivity index (χ2n) is 5.47. The van der Waals surface area contributed by atoms with Crippen LogP contribution in [0.2, 0.25) is 0 Å². The lowest BCUT2D eigenvalue weighted by atomic mass is 10.1. The summed E-state index contributed by atoms with van der Waals surface area (Å²) in [6, 6.07) is 0.462. The molecule has 1 saturated heterocycles. The van der Waals surface area contributed by atoms with Crippen LogP contribution in [-0.4, -0.2) is 38.5 Å². The molecule has 1 aliphatic carbocycles. The molecule has 2 aliphatic rings. The molecular formula is C12H24IN3O2S. The molecule has 0 spiro atoms. The van der Waals surface area contributed by atoms with E-state index in [1.54, 1.807) is 0 Å². The molecule has 2 rings (SSSR count). The van der Waals surface area contributed by atoms with Gasteiger partial charge in [0.2, 0.25) is 0 Å². The highest BCUT2D eigenvalue weighted by Crippen LogP contribution is 2.19. The smallest absolute Gasteiger partial charge is 0.188 e. The molecule has 1 atom stereocenters. The van der Waals surface area contributed by atoms with Gasteiger partial charge in [0.05, 0.1) is 11.5 Å². The molecule has 112 valence electrons. The van der Waals surface area contributed by atoms with Crippen molar-refractivity contribution in [1.82, 2.24) is 5.32 Å². The summed E-state index contributed by atoms with van der Waals surface area (Å²) in [5.41, 5.74) is 5.83. The molecule has 0 aromatic rings. The number of rotatable bonds is 3. The van der Waals surface area contributed by atoms with E-state index in [9.17, 15) is 8.42 Å². The maximum Gasteiger partial charge on any atom is 0.188 e. The van der Waals surface area contributed by atoms with Crippen LogP contribution in [-0.2, 0) is 9.84 Å². The van der Waals surface area contributed by atoms with E-state index < -0.39 is 9.84 Å². The lowest BCUT2D eigenvalue weighted by molar-refractivity contribution is 0.492. The summed E-state index contributed by atoms with van der Waals surface area (Å²) in [7, 11) is -2.83. The molecule has 2 fully saturated rings. The fourth-order valence-electron chi connectivity index (χ4n) is 2.81. The molecule has 0 aromatic heterocycles. The van der Waals surface area contributed by atoms with Crippen molar-refractivity contribution in [3.63, 3.8) is 0 Å². The quantitative estimate of drug-likeness (QED) is 0.424. The zero-order valence-electron chi connectivity index (χ0n) is 11.2. The van der Waals surface area contributed by atoms with Gasteiger partial charge >= 0.3 is 0 Å². The van der Waals surface area contributed by atoms with E-state index in [-0.39, 0.29) is 35.6 Å². The molecule has 1 unspecified atom stereocenters. The molecule has 0 aromatic carbocycles. The van der Waals surface area contributed by atoms with Gasteiger partial charge < -0.3 is 11.1 Å². The number of aliphatic imine (C=N–C) groups is 1. The van der Waals surface area contributed by atoms with Crippen molar-refractivity contribution in [3.8, 4) is 0 Å². The van der Waals surface area contributed by atoms with Crippen molar-refractivity contribution in [2.75, 3.05) is 18.1 Å². The molecule has 1 aliphatic heterocycles. The van der Waals surface area contributed by atoms with Gasteiger partial charge in [-0.2, -0.15) is 0 Å². The SMILES string of the molecule is I.NC(=NCC1CCCS(=O)(=O)C1)NC1CCCC1. The summed E-state index contributed by atoms with van der Waals surface area (Å²) >= 11 is 0. The Kier molecular flexibility index (Phi) is 6.85. The van der Waals surface area contributed by atoms with E-state index in [0.717, 1.165) is 25.7 Å². The Hall–Kier alpha value is -0.0500. The van der Waals surface area contributed by atoms with Crippen molar-refractivity contribution in [3.05, 3.63) is 0 Å². The second kappa shape index (κ2) is 7.66. The monoisotopic (exact) mass is 401 g/mol. The first-order valence-corrected chi connectivity index (χ1v) is 8.64. The minimum Gasteiger partial charge on any atom is -0.370 e. The van der Waals surface area contributed by atoms with Gasteiger partial charge in [-0.25, -0.2) is 8.42 Å². The predicted molar refractivity (Wildman–Crippen MR) is 88.7 cm³/mol. The summed E-state index contributed by atoms with van der Waals surface area (Å²) in [5.74, 6) is 1.23. The predicted octanol–water partition coefficient (Wildman–Crippen LogP) is 1.28. The van der Waals surface area contributed by atoms with Crippen molar-refractivity contribution in [1.29, 1.82) is 0 Å². The molecule has 7 heteroatoms. The third-order valence-corrected chi connectivity index (χ3v) is 5.67. The van der Waals surface area contributed by atoms with Crippen LogP contribution in [0, 0.1) is 5.92 Å². The molecule has 0 bridgehead atoms. The number of hydrogen-bond donors (Lipinski definition) is 2. The standard InChI is InChI=1S/C12H23N3O2S.HI/c13-12(15-11-5-1-2-6-11)14-8-10-4-3-7-18(16,17)9-10;/h10-11H,1-9H2,(H3,13,14,15);1H. The number of sulfone groups is 1. The largest absolute Gasteiger partial charge is 0.370 e. The van der Waals surface area contributed by atoms with Gasteiger partial charge in [0.25, 0.3) is 0 Å². The lowest BCUT2D eigenvalue weighted by Gasteiger charge is -2.20. The van der Waals surface area contributed by atoms with Crippen molar-refractivity contribution in [2.24, 2.45) is 16.6 Å². The maximum atomic E-state index is 11.5. The first-order valence-electron chi connectivity index (χ1n) is 6.82. The first kappa shape index (κ1) is 17.0. The zero-order valence-corrected chi connectivity index (χ0v) is 14.3. The Balaban J connectivity index is 0.00000180. The van der Waals surface area contributed by atoms with Gasteiger partial charge in [-0.15, -0.1) is 24.0 Å². The van der Waals surface area contributed by atoms with E-state index in [0.29, 0.717) is 24.3 Å². The van der Waals surface area contributed by atoms with Crippen LogP contribution in [0.5, 0.6) is 0 Å². The van der Waals surface area contributed by atoms with E-state index in [1.807, 2.05) is 0 Å². The summed E-state index contributed by atoms with van der Waals surface area (Å²) in [6.07, 6.45) is 6.54. The van der Waals surface area contributed by atoms with Crippen LogP contribution in [0.3, 0.4) is 0 Å². The zero-order chi connectivity index (χ0) is 13.0. The van der Waals surface area contributed by atoms with Crippen LogP contribution >= 0.6 is 24.0 Å². The normalized spacial score (nSPS) is 27.8. The van der Waals surface area contributed by atoms with Crippen LogP contribution in [0.15, 0.2) is 4.99 Å². The number of halogens is 1. The molecule has 1 heterocycles. The number of hydrogen-bond acceptors (Lipinski definition) is 3. The highest BCUT2D eigenvalue weighted by molar-refractivity contribution is 14.0. The number of guanidine groups is 1. The van der Waals surface area contributed by atoms with E-state index in [4.69, 9.17) is 5.73 Å². The average Bonchev–Trinajstić information content (AvgIpc) is 2.78. The molecule has 0 amide bonds. The molecular weight excluding hydrogens is 377 g/mol. The third-order valence-electron chi connectivity index (χ3n) is 3.78. The molecule has 5 nitrogen and oxygen atoms in total. The average molecular weight is 401 g/mol. The van der Waals surface area contributed by atoms with Gasteiger partial charge in [0.15, 0.2) is 15.8 Å². The molecule has 1 saturated carbocycles. The highest BCUT2D eigenvalue weighted by Gasteiger charge is 2.24. The maximum absolute atomic E-state index is 11.5. The van der Waals surface area contributed by atoms with Gasteiger partial charge in [-0.3, -0.25) is 4.99 Å². The van der Waals surface area contributed by atoms with Crippen molar-refractivity contribution >= 4 is 39.8 Å². The Morgan fingerprint density at radius 3 is 2.53 bits per heavy atom. The third kappa shape index (κ3) is 5.85. The van der Waals surface area contributed by atoms with Gasteiger partial charge in [-0.05, 0) is 31.6 Å². The van der Waals surface area contributed by atoms with E-state index in [2.05, 4.69) is 10.3 Å². The van der Waals surface area contributed by atoms with Crippen molar-refractivity contribution in [2.45, 2.75) is 44.6 Å². The van der Waals surface area contributed by atoms with Crippen LogP contribution in [0.1, 0.15) is 38.5 Å².